The third-order valence-corrected chi connectivity index (χ3v) is 5.68. The molecule has 30 heavy (non-hydrogen) atoms. The van der Waals surface area contributed by atoms with Crippen molar-refractivity contribution in [2.75, 3.05) is 18.4 Å². The number of carbonyl (C=O) groups excluding carboxylic acids is 2. The van der Waals surface area contributed by atoms with E-state index in [1.54, 1.807) is 10.6 Å². The monoisotopic (exact) mass is 409 g/mol. The molecule has 0 spiro atoms. The van der Waals surface area contributed by atoms with Gasteiger partial charge in [0.2, 0.25) is 5.91 Å². The largest absolute Gasteiger partial charge is 0.342 e. The Labute approximate surface area is 175 Å². The Morgan fingerprint density at radius 2 is 1.97 bits per heavy atom. The number of likely N-dealkylation sites (tertiary alicyclic amines) is 1. The predicted octanol–water partition coefficient (Wildman–Crippen LogP) is 2.27. The zero-order valence-electron chi connectivity index (χ0n) is 17.6. The fourth-order valence-electron chi connectivity index (χ4n) is 4.41. The van der Waals surface area contributed by atoms with Gasteiger partial charge in [-0.2, -0.15) is 0 Å². The second-order valence-corrected chi connectivity index (χ2v) is 9.47. The molecule has 2 aliphatic heterocycles. The lowest BCUT2D eigenvalue weighted by Gasteiger charge is -2.43. The molecule has 2 aromatic rings. The molecule has 8 nitrogen and oxygen atoms in total. The summed E-state index contributed by atoms with van der Waals surface area (Å²) in [5.41, 5.74) is 1.06. The Kier molecular flexibility index (Phi) is 5.17. The molecule has 0 radical (unpaired) electrons. The Hall–Kier alpha value is -3.03. The van der Waals surface area contributed by atoms with Crippen LogP contribution in [0.2, 0.25) is 0 Å². The number of fused-ring (bicyclic) bond motifs is 4. The van der Waals surface area contributed by atoms with Crippen molar-refractivity contribution in [3.63, 3.8) is 0 Å². The number of pyridine rings is 1. The van der Waals surface area contributed by atoms with E-state index in [0.717, 1.165) is 12.1 Å². The van der Waals surface area contributed by atoms with E-state index in [9.17, 15) is 14.4 Å². The molecule has 0 aromatic carbocycles. The number of carbonyl (C=O) groups is 2. The Morgan fingerprint density at radius 1 is 1.17 bits per heavy atom. The summed E-state index contributed by atoms with van der Waals surface area (Å²) < 4.78 is 1.76. The zero-order chi connectivity index (χ0) is 21.5. The summed E-state index contributed by atoms with van der Waals surface area (Å²) >= 11 is 0. The molecule has 2 aliphatic rings. The van der Waals surface area contributed by atoms with Gasteiger partial charge < -0.3 is 14.8 Å². The van der Waals surface area contributed by atoms with Crippen LogP contribution in [0.1, 0.15) is 55.7 Å². The van der Waals surface area contributed by atoms with E-state index in [2.05, 4.69) is 36.1 Å². The maximum atomic E-state index is 13.0. The van der Waals surface area contributed by atoms with Crippen molar-refractivity contribution < 1.29 is 9.59 Å². The molecule has 4 rings (SSSR count). The highest BCUT2D eigenvalue weighted by Crippen LogP contribution is 2.36. The number of hydrogen-bond acceptors (Lipinski definition) is 5. The highest BCUT2D eigenvalue weighted by Gasteiger charge is 2.37. The van der Waals surface area contributed by atoms with Crippen molar-refractivity contribution in [3.05, 3.63) is 52.5 Å². The summed E-state index contributed by atoms with van der Waals surface area (Å²) in [6.45, 7) is 8.08. The normalized spacial score (nSPS) is 20.4. The van der Waals surface area contributed by atoms with E-state index < -0.39 is 5.91 Å². The standard InChI is InChI=1S/C22H27N5O3/c1-22(2,3)9-19(28)26-11-14-8-15(13-26)18-5-4-16(21(30)27(18)12-14)25-20(29)17-10-23-6-7-24-17/h4-7,10,14-15H,8-9,11-13H2,1-3H3,(H,25,29)/t14-,15-/m1/s1. The van der Waals surface area contributed by atoms with E-state index in [1.807, 2.05) is 11.0 Å². The maximum absolute atomic E-state index is 13.0. The van der Waals surface area contributed by atoms with Gasteiger partial charge in [0.25, 0.3) is 11.5 Å². The van der Waals surface area contributed by atoms with Gasteiger partial charge in [-0.15, -0.1) is 0 Å². The molecule has 0 saturated carbocycles. The Morgan fingerprint density at radius 3 is 2.67 bits per heavy atom. The molecule has 1 N–H and O–H groups in total. The molecule has 2 amide bonds. The van der Waals surface area contributed by atoms with Crippen LogP contribution in [0.25, 0.3) is 0 Å². The summed E-state index contributed by atoms with van der Waals surface area (Å²) in [5, 5.41) is 2.66. The van der Waals surface area contributed by atoms with E-state index in [4.69, 9.17) is 0 Å². The maximum Gasteiger partial charge on any atom is 0.276 e. The van der Waals surface area contributed by atoms with Gasteiger partial charge in [-0.05, 0) is 29.9 Å². The summed E-state index contributed by atoms with van der Waals surface area (Å²) in [7, 11) is 0. The summed E-state index contributed by atoms with van der Waals surface area (Å²) in [6, 6.07) is 3.55. The molecule has 0 aliphatic carbocycles. The molecule has 0 unspecified atom stereocenters. The molecule has 4 heterocycles. The number of piperidine rings is 1. The quantitative estimate of drug-likeness (QED) is 0.839. The van der Waals surface area contributed by atoms with Gasteiger partial charge >= 0.3 is 0 Å². The van der Waals surface area contributed by atoms with E-state index in [0.29, 0.717) is 26.1 Å². The van der Waals surface area contributed by atoms with Crippen LogP contribution in [0.5, 0.6) is 0 Å². The lowest BCUT2D eigenvalue weighted by atomic mass is 9.82. The number of rotatable bonds is 3. The lowest BCUT2D eigenvalue weighted by Crippen LogP contribution is -2.49. The highest BCUT2D eigenvalue weighted by atomic mass is 16.2. The second-order valence-electron chi connectivity index (χ2n) is 9.47. The molecule has 1 fully saturated rings. The molecule has 2 bridgehead atoms. The third-order valence-electron chi connectivity index (χ3n) is 5.68. The summed E-state index contributed by atoms with van der Waals surface area (Å²) in [5.74, 6) is 0.0965. The van der Waals surface area contributed by atoms with E-state index in [-0.39, 0.29) is 40.1 Å². The second kappa shape index (κ2) is 7.66. The minimum atomic E-state index is -0.462. The van der Waals surface area contributed by atoms with Crippen LogP contribution in [0, 0.1) is 11.3 Å². The first-order chi connectivity index (χ1) is 14.2. The van der Waals surface area contributed by atoms with Crippen molar-refractivity contribution in [1.82, 2.24) is 19.4 Å². The Bertz CT molecular complexity index is 1030. The lowest BCUT2D eigenvalue weighted by molar-refractivity contribution is -0.135. The number of aromatic nitrogens is 3. The van der Waals surface area contributed by atoms with Gasteiger partial charge in [-0.3, -0.25) is 19.4 Å². The first-order valence-electron chi connectivity index (χ1n) is 10.3. The molecular formula is C22H27N5O3. The smallest absolute Gasteiger partial charge is 0.276 e. The third kappa shape index (κ3) is 4.13. The van der Waals surface area contributed by atoms with Gasteiger partial charge in [-0.1, -0.05) is 20.8 Å². The van der Waals surface area contributed by atoms with Gasteiger partial charge in [0.15, 0.2) is 0 Å². The van der Waals surface area contributed by atoms with Gasteiger partial charge in [0.1, 0.15) is 11.4 Å². The topological polar surface area (TPSA) is 97.2 Å². The van der Waals surface area contributed by atoms with Crippen molar-refractivity contribution in [3.8, 4) is 0 Å². The van der Waals surface area contributed by atoms with Crippen molar-refractivity contribution in [2.24, 2.45) is 11.3 Å². The summed E-state index contributed by atoms with van der Waals surface area (Å²) in [6.07, 6.45) is 5.77. The minimum absolute atomic E-state index is 0.0469. The van der Waals surface area contributed by atoms with Crippen LogP contribution in [0.4, 0.5) is 5.69 Å². The molecule has 1 saturated heterocycles. The van der Waals surface area contributed by atoms with Gasteiger partial charge in [-0.25, -0.2) is 4.98 Å². The SMILES string of the molecule is CC(C)(C)CC(=O)N1C[C@H]2C[C@H](C1)c1ccc(NC(=O)c3cnccn3)c(=O)n1C2. The van der Waals surface area contributed by atoms with Crippen molar-refractivity contribution in [2.45, 2.75) is 46.1 Å². The number of nitrogens with zero attached hydrogens (tertiary/aromatic N) is 4. The van der Waals surface area contributed by atoms with Crippen LogP contribution in [-0.4, -0.2) is 44.3 Å². The van der Waals surface area contributed by atoms with Crippen LogP contribution in [0.3, 0.4) is 0 Å². The fraction of sp³-hybridized carbons (Fsp3) is 0.500. The van der Waals surface area contributed by atoms with Crippen LogP contribution >= 0.6 is 0 Å². The summed E-state index contributed by atoms with van der Waals surface area (Å²) in [4.78, 5) is 47.9. The molecule has 2 atom stereocenters. The predicted molar refractivity (Wildman–Crippen MR) is 112 cm³/mol. The molecule has 8 heteroatoms. The molecule has 2 aromatic heterocycles. The van der Waals surface area contributed by atoms with Gasteiger partial charge in [0, 0.05) is 50.1 Å². The van der Waals surface area contributed by atoms with Gasteiger partial charge in [0.05, 0.1) is 6.20 Å². The van der Waals surface area contributed by atoms with E-state index in [1.165, 1.54) is 18.6 Å². The number of amides is 2. The fourth-order valence-corrected chi connectivity index (χ4v) is 4.41. The molecule has 158 valence electrons. The van der Waals surface area contributed by atoms with Crippen molar-refractivity contribution >= 4 is 17.5 Å². The van der Waals surface area contributed by atoms with E-state index >= 15 is 0 Å². The zero-order valence-corrected chi connectivity index (χ0v) is 17.6. The minimum Gasteiger partial charge on any atom is -0.342 e. The molecular weight excluding hydrogens is 382 g/mol. The average molecular weight is 409 g/mol. The van der Waals surface area contributed by atoms with Crippen LogP contribution < -0.4 is 10.9 Å². The average Bonchev–Trinajstić information content (AvgIpc) is 2.69. The number of nitrogens with one attached hydrogen (secondary N) is 1. The van der Waals surface area contributed by atoms with Crippen LogP contribution in [0.15, 0.2) is 35.5 Å². The highest BCUT2D eigenvalue weighted by molar-refractivity contribution is 6.02. The number of hydrogen-bond donors (Lipinski definition) is 1. The van der Waals surface area contributed by atoms with Crippen LogP contribution in [-0.2, 0) is 11.3 Å². The Balaban J connectivity index is 1.54. The first kappa shape index (κ1) is 20.3. The first-order valence-corrected chi connectivity index (χ1v) is 10.3. The van der Waals surface area contributed by atoms with Crippen molar-refractivity contribution in [1.29, 1.82) is 0 Å². The number of anilines is 1.